The number of aromatic nitrogens is 2. The van der Waals surface area contributed by atoms with Gasteiger partial charge in [-0.3, -0.25) is 0 Å². The van der Waals surface area contributed by atoms with Crippen LogP contribution in [-0.4, -0.2) is 9.97 Å². The molecule has 0 saturated carbocycles. The molecule has 5 heteroatoms. The Hall–Kier alpha value is -0.940. The van der Waals surface area contributed by atoms with Crippen molar-refractivity contribution >= 4 is 27.8 Å². The third-order valence-electron chi connectivity index (χ3n) is 2.14. The van der Waals surface area contributed by atoms with Crippen molar-refractivity contribution in [3.05, 3.63) is 27.2 Å². The maximum atomic E-state index is 4.40. The zero-order valence-corrected chi connectivity index (χ0v) is 11.1. The van der Waals surface area contributed by atoms with Gasteiger partial charge in [0, 0.05) is 16.5 Å². The van der Waals surface area contributed by atoms with E-state index in [0.717, 1.165) is 28.8 Å². The van der Waals surface area contributed by atoms with E-state index in [2.05, 4.69) is 27.6 Å². The van der Waals surface area contributed by atoms with Gasteiger partial charge in [0.1, 0.15) is 0 Å². The lowest BCUT2D eigenvalue weighted by Crippen LogP contribution is -1.98. The fourth-order valence-electron chi connectivity index (χ4n) is 1.41. The molecule has 0 bridgehead atoms. The minimum atomic E-state index is 0.767. The van der Waals surface area contributed by atoms with Crippen LogP contribution in [-0.2, 0) is 13.0 Å². The second-order valence-electron chi connectivity index (χ2n) is 3.59. The maximum absolute atomic E-state index is 4.40. The van der Waals surface area contributed by atoms with Gasteiger partial charge in [0.15, 0.2) is 5.13 Å². The first-order chi connectivity index (χ1) is 7.78. The summed E-state index contributed by atoms with van der Waals surface area (Å²) in [5, 5.41) is 7.50. The van der Waals surface area contributed by atoms with Gasteiger partial charge in [0.2, 0.25) is 0 Å². The van der Waals surface area contributed by atoms with E-state index in [9.17, 15) is 0 Å². The molecule has 0 aliphatic carbocycles. The van der Waals surface area contributed by atoms with Gasteiger partial charge in [-0.1, -0.05) is 13.3 Å². The number of aryl methyl sites for hydroxylation is 2. The number of nitrogens with one attached hydrogen (secondary N) is 1. The molecular weight excluding hydrogens is 238 g/mol. The van der Waals surface area contributed by atoms with Gasteiger partial charge in [-0.25, -0.2) is 9.97 Å². The minimum absolute atomic E-state index is 0.767. The molecule has 0 amide bonds. The molecule has 0 unspecified atom stereocenters. The Bertz CT molecular complexity index is 448. The average Bonchev–Trinajstić information content (AvgIpc) is 2.85. The van der Waals surface area contributed by atoms with Crippen LogP contribution >= 0.6 is 22.7 Å². The van der Waals surface area contributed by atoms with Crippen LogP contribution in [0.3, 0.4) is 0 Å². The number of thiazole rings is 2. The monoisotopic (exact) mass is 253 g/mol. The molecule has 3 nitrogen and oxygen atoms in total. The van der Waals surface area contributed by atoms with Crippen molar-refractivity contribution in [3.63, 3.8) is 0 Å². The number of nitrogens with zero attached hydrogens (tertiary/aromatic N) is 2. The molecule has 1 N–H and O–H groups in total. The van der Waals surface area contributed by atoms with Gasteiger partial charge >= 0.3 is 0 Å². The summed E-state index contributed by atoms with van der Waals surface area (Å²) < 4.78 is 0. The summed E-state index contributed by atoms with van der Waals surface area (Å²) in [4.78, 5) is 10.1. The summed E-state index contributed by atoms with van der Waals surface area (Å²) in [5.41, 5.74) is 1.09. The lowest BCUT2D eigenvalue weighted by molar-refractivity contribution is 0.936. The quantitative estimate of drug-likeness (QED) is 0.886. The zero-order chi connectivity index (χ0) is 11.4. The van der Waals surface area contributed by atoms with E-state index in [1.807, 2.05) is 13.1 Å². The van der Waals surface area contributed by atoms with Gasteiger partial charge in [0.05, 0.1) is 17.2 Å². The van der Waals surface area contributed by atoms with Crippen molar-refractivity contribution in [2.45, 2.75) is 33.2 Å². The van der Waals surface area contributed by atoms with Crippen molar-refractivity contribution in [3.8, 4) is 0 Å². The molecule has 16 heavy (non-hydrogen) atoms. The Morgan fingerprint density at radius 1 is 1.44 bits per heavy atom. The van der Waals surface area contributed by atoms with Crippen molar-refractivity contribution in [2.75, 3.05) is 5.32 Å². The van der Waals surface area contributed by atoms with E-state index in [1.54, 1.807) is 22.7 Å². The summed E-state index contributed by atoms with van der Waals surface area (Å²) in [5.74, 6) is 0. The topological polar surface area (TPSA) is 37.8 Å². The summed E-state index contributed by atoms with van der Waals surface area (Å²) >= 11 is 3.42. The summed E-state index contributed by atoms with van der Waals surface area (Å²) in [6, 6.07) is 0. The van der Waals surface area contributed by atoms with E-state index in [-0.39, 0.29) is 0 Å². The normalized spacial score (nSPS) is 10.6. The van der Waals surface area contributed by atoms with Crippen LogP contribution < -0.4 is 5.32 Å². The number of rotatable bonds is 5. The molecule has 0 saturated heterocycles. The van der Waals surface area contributed by atoms with Gasteiger partial charge < -0.3 is 5.32 Å². The first kappa shape index (κ1) is 11.5. The summed E-state index contributed by atoms with van der Waals surface area (Å²) in [6.45, 7) is 4.98. The highest BCUT2D eigenvalue weighted by molar-refractivity contribution is 7.15. The highest BCUT2D eigenvalue weighted by atomic mass is 32.1. The lowest BCUT2D eigenvalue weighted by Gasteiger charge is -1.98. The minimum Gasteiger partial charge on any atom is -0.356 e. The van der Waals surface area contributed by atoms with E-state index in [0.29, 0.717) is 0 Å². The highest BCUT2D eigenvalue weighted by Gasteiger charge is 2.02. The Morgan fingerprint density at radius 2 is 2.31 bits per heavy atom. The van der Waals surface area contributed by atoms with Gasteiger partial charge in [-0.15, -0.1) is 22.7 Å². The maximum Gasteiger partial charge on any atom is 0.183 e. The Labute approximate surface area is 104 Å². The number of hydrogen-bond donors (Lipinski definition) is 1. The molecule has 86 valence electrons. The van der Waals surface area contributed by atoms with Crippen LogP contribution in [0.2, 0.25) is 0 Å². The predicted octanol–water partition coefficient (Wildman–Crippen LogP) is 3.47. The smallest absolute Gasteiger partial charge is 0.183 e. The Balaban J connectivity index is 1.89. The molecule has 2 rings (SSSR count). The SMILES string of the molecule is CCCc1cnc(NCc2csc(C)n2)s1. The van der Waals surface area contributed by atoms with Crippen LogP contribution in [0.15, 0.2) is 11.6 Å². The van der Waals surface area contributed by atoms with Crippen LogP contribution in [0.5, 0.6) is 0 Å². The van der Waals surface area contributed by atoms with Gasteiger partial charge in [-0.2, -0.15) is 0 Å². The highest BCUT2D eigenvalue weighted by Crippen LogP contribution is 2.20. The molecule has 0 atom stereocenters. The van der Waals surface area contributed by atoms with Crippen LogP contribution in [0, 0.1) is 6.92 Å². The standard InChI is InChI=1S/C11H15N3S2/c1-3-4-10-6-13-11(16-10)12-5-9-7-15-8(2)14-9/h6-7H,3-5H2,1-2H3,(H,12,13). The second-order valence-corrected chi connectivity index (χ2v) is 5.77. The Morgan fingerprint density at radius 3 is 3.00 bits per heavy atom. The van der Waals surface area contributed by atoms with Crippen LogP contribution in [0.1, 0.15) is 28.9 Å². The zero-order valence-electron chi connectivity index (χ0n) is 9.49. The summed E-state index contributed by atoms with van der Waals surface area (Å²) in [7, 11) is 0. The van der Waals surface area contributed by atoms with Gasteiger partial charge in [0.25, 0.3) is 0 Å². The summed E-state index contributed by atoms with van der Waals surface area (Å²) in [6.07, 6.45) is 4.25. The largest absolute Gasteiger partial charge is 0.356 e. The van der Waals surface area contributed by atoms with Crippen molar-refractivity contribution in [1.82, 2.24) is 9.97 Å². The third kappa shape index (κ3) is 3.02. The van der Waals surface area contributed by atoms with E-state index in [1.165, 1.54) is 11.3 Å². The lowest BCUT2D eigenvalue weighted by atomic mass is 10.3. The second kappa shape index (κ2) is 5.41. The molecule has 2 heterocycles. The number of anilines is 1. The van der Waals surface area contributed by atoms with Crippen molar-refractivity contribution in [1.29, 1.82) is 0 Å². The van der Waals surface area contributed by atoms with Crippen LogP contribution in [0.4, 0.5) is 5.13 Å². The molecule has 0 radical (unpaired) electrons. The van der Waals surface area contributed by atoms with E-state index >= 15 is 0 Å². The van der Waals surface area contributed by atoms with Crippen molar-refractivity contribution < 1.29 is 0 Å². The molecule has 0 aliphatic rings. The van der Waals surface area contributed by atoms with E-state index < -0.39 is 0 Å². The molecule has 2 aromatic heterocycles. The first-order valence-corrected chi connectivity index (χ1v) is 7.07. The number of hydrogen-bond acceptors (Lipinski definition) is 5. The Kier molecular flexibility index (Phi) is 3.90. The molecule has 0 aromatic carbocycles. The van der Waals surface area contributed by atoms with Gasteiger partial charge in [-0.05, 0) is 13.3 Å². The predicted molar refractivity (Wildman–Crippen MR) is 70.3 cm³/mol. The molecular formula is C11H15N3S2. The fraction of sp³-hybridized carbons (Fsp3) is 0.455. The fourth-order valence-corrected chi connectivity index (χ4v) is 2.93. The molecule has 0 aliphatic heterocycles. The molecule has 2 aromatic rings. The molecule has 0 spiro atoms. The molecule has 0 fully saturated rings. The average molecular weight is 253 g/mol. The third-order valence-corrected chi connectivity index (χ3v) is 3.97. The van der Waals surface area contributed by atoms with E-state index in [4.69, 9.17) is 0 Å². The van der Waals surface area contributed by atoms with Crippen LogP contribution in [0.25, 0.3) is 0 Å². The first-order valence-electron chi connectivity index (χ1n) is 5.37. The van der Waals surface area contributed by atoms with Crippen molar-refractivity contribution in [2.24, 2.45) is 0 Å².